The van der Waals surface area contributed by atoms with Crippen LogP contribution in [-0.2, 0) is 0 Å². The fourth-order valence-electron chi connectivity index (χ4n) is 0.952. The fourth-order valence-corrected chi connectivity index (χ4v) is 0.952. The van der Waals surface area contributed by atoms with Crippen molar-refractivity contribution in [3.63, 3.8) is 0 Å². The summed E-state index contributed by atoms with van der Waals surface area (Å²) in [7, 11) is 0. The molecule has 1 atom stereocenters. The fraction of sp³-hybridized carbons (Fsp3) is 0.667. The maximum absolute atomic E-state index is 12.3. The molecular weight excluding hydrogens is 187 g/mol. The van der Waals surface area contributed by atoms with Gasteiger partial charge in [-0.3, -0.25) is 0 Å². The number of aliphatic hydroxyl groups is 1. The Hall–Kier alpha value is -1.11. The van der Waals surface area contributed by atoms with E-state index in [2.05, 4.69) is 10.3 Å². The normalized spacial score (nSPS) is 14.5. The van der Waals surface area contributed by atoms with Crippen LogP contribution in [0.2, 0.25) is 0 Å². The van der Waals surface area contributed by atoms with Crippen molar-refractivity contribution in [1.82, 2.24) is 15.0 Å². The second-order valence-electron chi connectivity index (χ2n) is 2.45. The molecule has 1 heterocycles. The zero-order chi connectivity index (χ0) is 9.90. The van der Waals surface area contributed by atoms with Gasteiger partial charge in [0.05, 0.1) is 6.20 Å². The zero-order valence-corrected chi connectivity index (χ0v) is 6.57. The van der Waals surface area contributed by atoms with E-state index in [0.29, 0.717) is 4.68 Å². The van der Waals surface area contributed by atoms with Crippen LogP contribution in [0.4, 0.5) is 13.2 Å². The number of aliphatic hydroxyl groups excluding tert-OH is 1. The molecule has 0 aromatic carbocycles. The smallest absolute Gasteiger partial charge is 0.396 e. The predicted molar refractivity (Wildman–Crippen MR) is 36.8 cm³/mol. The van der Waals surface area contributed by atoms with E-state index in [1.54, 1.807) is 0 Å². The molecule has 0 bridgehead atoms. The summed E-state index contributed by atoms with van der Waals surface area (Å²) < 4.78 is 37.5. The molecule has 1 rings (SSSR count). The number of halogens is 3. The Kier molecular flexibility index (Phi) is 2.86. The summed E-state index contributed by atoms with van der Waals surface area (Å²) in [6, 6.07) is -1.79. The van der Waals surface area contributed by atoms with E-state index in [0.717, 1.165) is 12.4 Å². The number of alkyl halides is 3. The van der Waals surface area contributed by atoms with E-state index in [1.807, 2.05) is 0 Å². The number of hydrogen-bond acceptors (Lipinski definition) is 3. The van der Waals surface area contributed by atoms with Gasteiger partial charge in [0.2, 0.25) is 0 Å². The third-order valence-electron chi connectivity index (χ3n) is 1.54. The molecule has 13 heavy (non-hydrogen) atoms. The molecule has 0 aliphatic heterocycles. The first-order chi connectivity index (χ1) is 6.05. The van der Waals surface area contributed by atoms with Crippen LogP contribution in [0.3, 0.4) is 0 Å². The van der Waals surface area contributed by atoms with E-state index >= 15 is 0 Å². The lowest BCUT2D eigenvalue weighted by atomic mass is 10.2. The minimum atomic E-state index is -4.41. The van der Waals surface area contributed by atoms with Gasteiger partial charge in [-0.25, -0.2) is 4.68 Å². The molecule has 0 saturated heterocycles. The molecule has 0 unspecified atom stereocenters. The van der Waals surface area contributed by atoms with E-state index < -0.39 is 25.2 Å². The minimum absolute atomic E-state index is 0.410. The van der Waals surface area contributed by atoms with Crippen LogP contribution >= 0.6 is 0 Å². The van der Waals surface area contributed by atoms with Crippen LogP contribution in [0, 0.1) is 0 Å². The number of aromatic nitrogens is 3. The lowest BCUT2D eigenvalue weighted by Crippen LogP contribution is -2.28. The van der Waals surface area contributed by atoms with Crippen molar-refractivity contribution in [1.29, 1.82) is 0 Å². The quantitative estimate of drug-likeness (QED) is 0.774. The number of nitrogens with zero attached hydrogens (tertiary/aromatic N) is 3. The van der Waals surface area contributed by atoms with Gasteiger partial charge in [0, 0.05) is 19.2 Å². The molecule has 1 aromatic rings. The maximum atomic E-state index is 12.3. The molecule has 0 saturated carbocycles. The van der Waals surface area contributed by atoms with E-state index in [9.17, 15) is 13.2 Å². The van der Waals surface area contributed by atoms with Crippen molar-refractivity contribution >= 4 is 0 Å². The van der Waals surface area contributed by atoms with Crippen LogP contribution in [0.15, 0.2) is 12.4 Å². The molecule has 0 amide bonds. The highest BCUT2D eigenvalue weighted by Crippen LogP contribution is 2.31. The zero-order valence-electron chi connectivity index (χ0n) is 6.57. The predicted octanol–water partition coefficient (Wildman–Crippen LogP) is 0.764. The summed E-state index contributed by atoms with van der Waals surface area (Å²) in [4.78, 5) is 0. The Labute approximate surface area is 72.0 Å². The first-order valence-corrected chi connectivity index (χ1v) is 3.59. The largest absolute Gasteiger partial charge is 0.410 e. The van der Waals surface area contributed by atoms with Crippen molar-refractivity contribution in [3.8, 4) is 0 Å². The summed E-state index contributed by atoms with van der Waals surface area (Å²) in [6.07, 6.45) is -2.53. The topological polar surface area (TPSA) is 50.9 Å². The van der Waals surface area contributed by atoms with Gasteiger partial charge < -0.3 is 5.11 Å². The number of rotatable bonds is 3. The Morgan fingerprint density at radius 1 is 1.46 bits per heavy atom. The molecule has 7 heteroatoms. The summed E-state index contributed by atoms with van der Waals surface area (Å²) >= 11 is 0. The van der Waals surface area contributed by atoms with Crippen LogP contribution in [-0.4, -0.2) is 32.9 Å². The Morgan fingerprint density at radius 3 is 2.54 bits per heavy atom. The molecule has 0 spiro atoms. The van der Waals surface area contributed by atoms with Crippen molar-refractivity contribution in [2.24, 2.45) is 0 Å². The molecule has 4 nitrogen and oxygen atoms in total. The van der Waals surface area contributed by atoms with Gasteiger partial charge in [-0.15, -0.1) is 5.10 Å². The highest BCUT2D eigenvalue weighted by molar-refractivity contribution is 4.77. The van der Waals surface area contributed by atoms with Gasteiger partial charge in [0.1, 0.15) is 0 Å². The average Bonchev–Trinajstić information content (AvgIpc) is 2.49. The molecular formula is C6H8F3N3O. The standard InChI is InChI=1S/C6H8F3N3O/c7-6(8,9)5(1-4-13)12-3-2-10-11-12/h2-3,5,13H,1,4H2/t5-/m1/s1. The van der Waals surface area contributed by atoms with Crippen molar-refractivity contribution in [2.75, 3.05) is 6.61 Å². The van der Waals surface area contributed by atoms with Gasteiger partial charge in [-0.05, 0) is 0 Å². The summed E-state index contributed by atoms with van der Waals surface area (Å²) in [5.74, 6) is 0. The van der Waals surface area contributed by atoms with Crippen molar-refractivity contribution in [3.05, 3.63) is 12.4 Å². The molecule has 0 aliphatic carbocycles. The van der Waals surface area contributed by atoms with E-state index in [4.69, 9.17) is 5.11 Å². The van der Waals surface area contributed by atoms with Crippen molar-refractivity contribution in [2.45, 2.75) is 18.6 Å². The van der Waals surface area contributed by atoms with Crippen molar-refractivity contribution < 1.29 is 18.3 Å². The Balaban J connectivity index is 2.81. The number of hydrogen-bond donors (Lipinski definition) is 1. The summed E-state index contributed by atoms with van der Waals surface area (Å²) in [5, 5.41) is 14.9. The monoisotopic (exact) mass is 195 g/mol. The van der Waals surface area contributed by atoms with Gasteiger partial charge in [-0.2, -0.15) is 13.2 Å². The second-order valence-corrected chi connectivity index (χ2v) is 2.45. The van der Waals surface area contributed by atoms with Crippen LogP contribution in [0.1, 0.15) is 12.5 Å². The third kappa shape index (κ3) is 2.41. The lowest BCUT2D eigenvalue weighted by molar-refractivity contribution is -0.174. The molecule has 0 radical (unpaired) electrons. The highest BCUT2D eigenvalue weighted by Gasteiger charge is 2.41. The van der Waals surface area contributed by atoms with Gasteiger partial charge >= 0.3 is 6.18 Å². The molecule has 74 valence electrons. The third-order valence-corrected chi connectivity index (χ3v) is 1.54. The minimum Gasteiger partial charge on any atom is -0.396 e. The Morgan fingerprint density at radius 2 is 2.15 bits per heavy atom. The lowest BCUT2D eigenvalue weighted by Gasteiger charge is -2.18. The van der Waals surface area contributed by atoms with Crippen LogP contribution < -0.4 is 0 Å². The SMILES string of the molecule is OCC[C@@H](n1ccnn1)C(F)(F)F. The first kappa shape index (κ1) is 9.97. The molecule has 1 N–H and O–H groups in total. The Bertz CT molecular complexity index is 246. The molecule has 0 aliphatic rings. The average molecular weight is 195 g/mol. The van der Waals surface area contributed by atoms with E-state index in [-0.39, 0.29) is 0 Å². The molecule has 0 fully saturated rings. The van der Waals surface area contributed by atoms with Gasteiger partial charge in [0.25, 0.3) is 0 Å². The summed E-state index contributed by atoms with van der Waals surface area (Å²) in [6.45, 7) is -0.538. The maximum Gasteiger partial charge on any atom is 0.410 e. The van der Waals surface area contributed by atoms with Gasteiger partial charge in [-0.1, -0.05) is 5.21 Å². The van der Waals surface area contributed by atoms with Crippen LogP contribution in [0.5, 0.6) is 0 Å². The van der Waals surface area contributed by atoms with Crippen LogP contribution in [0.25, 0.3) is 0 Å². The van der Waals surface area contributed by atoms with Gasteiger partial charge in [0.15, 0.2) is 6.04 Å². The summed E-state index contributed by atoms with van der Waals surface area (Å²) in [5.41, 5.74) is 0. The highest BCUT2D eigenvalue weighted by atomic mass is 19.4. The van der Waals surface area contributed by atoms with E-state index in [1.165, 1.54) is 0 Å². The molecule has 1 aromatic heterocycles. The first-order valence-electron chi connectivity index (χ1n) is 3.59. The second kappa shape index (κ2) is 3.73.